The zero-order valence-corrected chi connectivity index (χ0v) is 12.3. The van der Waals surface area contributed by atoms with Crippen molar-refractivity contribution in [3.63, 3.8) is 0 Å². The summed E-state index contributed by atoms with van der Waals surface area (Å²) in [5, 5.41) is 12.9. The highest BCUT2D eigenvalue weighted by Gasteiger charge is 2.41. The Morgan fingerprint density at radius 3 is 2.88 bits per heavy atom. The van der Waals surface area contributed by atoms with Crippen molar-refractivity contribution in [1.82, 2.24) is 5.32 Å². The van der Waals surface area contributed by atoms with Crippen LogP contribution in [0.1, 0.15) is 46.5 Å². The Morgan fingerprint density at radius 1 is 1.53 bits per heavy atom. The Labute approximate surface area is 111 Å². The van der Waals surface area contributed by atoms with Crippen molar-refractivity contribution in [3.8, 4) is 6.07 Å². The third kappa shape index (κ3) is 4.19. The first kappa shape index (κ1) is 14.9. The summed E-state index contributed by atoms with van der Waals surface area (Å²) < 4.78 is 0. The molecule has 2 atom stereocenters. The van der Waals surface area contributed by atoms with Crippen molar-refractivity contribution >= 4 is 11.8 Å². The third-order valence-corrected chi connectivity index (χ3v) is 5.00. The highest BCUT2D eigenvalue weighted by atomic mass is 32.2. The smallest absolute Gasteiger partial charge is 0.109 e. The van der Waals surface area contributed by atoms with Crippen molar-refractivity contribution in [3.05, 3.63) is 0 Å². The van der Waals surface area contributed by atoms with Gasteiger partial charge in [-0.15, -0.1) is 0 Å². The highest BCUT2D eigenvalue weighted by Crippen LogP contribution is 2.38. The summed E-state index contributed by atoms with van der Waals surface area (Å²) >= 11 is 2.04. The van der Waals surface area contributed by atoms with E-state index in [1.807, 2.05) is 11.8 Å². The van der Waals surface area contributed by atoms with Crippen LogP contribution in [-0.4, -0.2) is 23.6 Å². The van der Waals surface area contributed by atoms with Crippen LogP contribution in [0, 0.1) is 23.2 Å². The van der Waals surface area contributed by atoms with Crippen molar-refractivity contribution in [2.75, 3.05) is 18.1 Å². The molecule has 0 radical (unpaired) electrons. The fourth-order valence-electron chi connectivity index (χ4n) is 2.75. The van der Waals surface area contributed by atoms with E-state index in [0.29, 0.717) is 5.92 Å². The molecule has 0 aromatic rings. The lowest BCUT2D eigenvalue weighted by molar-refractivity contribution is 0.317. The van der Waals surface area contributed by atoms with E-state index < -0.39 is 0 Å². The molecule has 2 unspecified atom stereocenters. The largest absolute Gasteiger partial charge is 0.299 e. The Morgan fingerprint density at radius 2 is 2.29 bits per heavy atom. The maximum Gasteiger partial charge on any atom is 0.109 e. The first-order valence-corrected chi connectivity index (χ1v) is 8.04. The summed E-state index contributed by atoms with van der Waals surface area (Å²) in [6, 6.07) is 2.56. The number of nitriles is 1. The van der Waals surface area contributed by atoms with Gasteiger partial charge in [-0.2, -0.15) is 17.0 Å². The summed E-state index contributed by atoms with van der Waals surface area (Å²) in [5.74, 6) is 3.79. The van der Waals surface area contributed by atoms with Gasteiger partial charge in [0.2, 0.25) is 0 Å². The average molecular weight is 254 g/mol. The zero-order chi connectivity index (χ0) is 12.7. The van der Waals surface area contributed by atoms with Crippen LogP contribution in [0.3, 0.4) is 0 Å². The van der Waals surface area contributed by atoms with Crippen LogP contribution in [0.25, 0.3) is 0 Å². The van der Waals surface area contributed by atoms with E-state index in [1.54, 1.807) is 0 Å². The second-order valence-corrected chi connectivity index (χ2v) is 6.61. The summed E-state index contributed by atoms with van der Waals surface area (Å²) in [7, 11) is 0. The van der Waals surface area contributed by atoms with Crippen LogP contribution >= 0.6 is 11.8 Å². The molecular weight excluding hydrogens is 228 g/mol. The molecule has 0 heterocycles. The molecule has 1 N–H and O–H groups in total. The SMILES string of the molecule is CCNC1(C#N)CCCC1CCSCC(C)C. The van der Waals surface area contributed by atoms with Gasteiger partial charge < -0.3 is 0 Å². The van der Waals surface area contributed by atoms with Crippen LogP contribution in [0.4, 0.5) is 0 Å². The topological polar surface area (TPSA) is 35.8 Å². The summed E-state index contributed by atoms with van der Waals surface area (Å²) in [5.41, 5.74) is -0.215. The number of rotatable bonds is 7. The van der Waals surface area contributed by atoms with Gasteiger partial charge in [0.25, 0.3) is 0 Å². The minimum absolute atomic E-state index is 0.215. The molecule has 3 heteroatoms. The molecule has 1 rings (SSSR count). The normalized spacial score (nSPS) is 28.5. The molecule has 0 aromatic carbocycles. The van der Waals surface area contributed by atoms with Gasteiger partial charge in [-0.05, 0) is 49.1 Å². The van der Waals surface area contributed by atoms with Gasteiger partial charge in [0, 0.05) is 0 Å². The molecule has 0 bridgehead atoms. The van der Waals surface area contributed by atoms with Crippen LogP contribution in [0.2, 0.25) is 0 Å². The van der Waals surface area contributed by atoms with Crippen molar-refractivity contribution < 1.29 is 0 Å². The predicted molar refractivity (Wildman–Crippen MR) is 76.1 cm³/mol. The Bertz CT molecular complexity index is 259. The number of hydrogen-bond donors (Lipinski definition) is 1. The molecule has 1 aliphatic rings. The van der Waals surface area contributed by atoms with E-state index in [9.17, 15) is 5.26 Å². The monoisotopic (exact) mass is 254 g/mol. The van der Waals surface area contributed by atoms with Gasteiger partial charge in [-0.3, -0.25) is 5.32 Å². The number of nitrogens with zero attached hydrogens (tertiary/aromatic N) is 1. The van der Waals surface area contributed by atoms with Gasteiger partial charge in [-0.1, -0.05) is 27.2 Å². The Kier molecular flexibility index (Phi) is 6.37. The van der Waals surface area contributed by atoms with Crippen molar-refractivity contribution in [1.29, 1.82) is 5.26 Å². The second-order valence-electron chi connectivity index (χ2n) is 5.46. The molecule has 1 fully saturated rings. The quantitative estimate of drug-likeness (QED) is 0.707. The molecular formula is C14H26N2S. The van der Waals surface area contributed by atoms with Crippen molar-refractivity contribution in [2.24, 2.45) is 11.8 Å². The minimum atomic E-state index is -0.215. The lowest BCUT2D eigenvalue weighted by atomic mass is 9.86. The van der Waals surface area contributed by atoms with E-state index >= 15 is 0 Å². The zero-order valence-electron chi connectivity index (χ0n) is 11.5. The molecule has 0 aromatic heterocycles. The first-order valence-electron chi connectivity index (χ1n) is 6.88. The molecule has 17 heavy (non-hydrogen) atoms. The lowest BCUT2D eigenvalue weighted by Gasteiger charge is -2.29. The van der Waals surface area contributed by atoms with E-state index in [-0.39, 0.29) is 5.54 Å². The molecule has 98 valence electrons. The second kappa shape index (κ2) is 7.28. The van der Waals surface area contributed by atoms with Crippen LogP contribution in [0.15, 0.2) is 0 Å². The van der Waals surface area contributed by atoms with Gasteiger partial charge in [0.15, 0.2) is 0 Å². The van der Waals surface area contributed by atoms with Gasteiger partial charge in [0.1, 0.15) is 5.54 Å². The highest BCUT2D eigenvalue weighted by molar-refractivity contribution is 7.99. The Balaban J connectivity index is 2.38. The number of nitrogens with one attached hydrogen (secondary N) is 1. The Hall–Kier alpha value is -0.200. The molecule has 0 saturated heterocycles. The summed E-state index contributed by atoms with van der Waals surface area (Å²) in [4.78, 5) is 0. The van der Waals surface area contributed by atoms with Crippen LogP contribution in [0.5, 0.6) is 0 Å². The fraction of sp³-hybridized carbons (Fsp3) is 0.929. The number of hydrogen-bond acceptors (Lipinski definition) is 3. The van der Waals surface area contributed by atoms with Crippen LogP contribution < -0.4 is 5.32 Å². The maximum atomic E-state index is 9.44. The fourth-order valence-corrected chi connectivity index (χ4v) is 3.84. The van der Waals surface area contributed by atoms with Gasteiger partial charge in [0.05, 0.1) is 6.07 Å². The summed E-state index contributed by atoms with van der Waals surface area (Å²) in [6.45, 7) is 7.53. The third-order valence-electron chi connectivity index (χ3n) is 3.57. The van der Waals surface area contributed by atoms with E-state index in [2.05, 4.69) is 32.2 Å². The average Bonchev–Trinajstić information content (AvgIpc) is 2.68. The minimum Gasteiger partial charge on any atom is -0.299 e. The first-order chi connectivity index (χ1) is 8.14. The van der Waals surface area contributed by atoms with E-state index in [0.717, 1.165) is 18.9 Å². The maximum absolute atomic E-state index is 9.44. The van der Waals surface area contributed by atoms with Gasteiger partial charge in [-0.25, -0.2) is 0 Å². The van der Waals surface area contributed by atoms with Crippen LogP contribution in [-0.2, 0) is 0 Å². The number of thioether (sulfide) groups is 1. The standard InChI is InChI=1S/C14H26N2S/c1-4-16-14(11-15)8-5-6-13(14)7-9-17-10-12(2)3/h12-13,16H,4-10H2,1-3H3. The molecule has 0 aliphatic heterocycles. The lowest BCUT2D eigenvalue weighted by Crippen LogP contribution is -2.47. The summed E-state index contributed by atoms with van der Waals surface area (Å²) in [6.07, 6.45) is 4.66. The molecule has 0 spiro atoms. The molecule has 1 aliphatic carbocycles. The van der Waals surface area contributed by atoms with E-state index in [1.165, 1.54) is 30.8 Å². The van der Waals surface area contributed by atoms with Gasteiger partial charge >= 0.3 is 0 Å². The van der Waals surface area contributed by atoms with Crippen molar-refractivity contribution in [2.45, 2.75) is 52.0 Å². The predicted octanol–water partition coefficient (Wildman–Crippen LogP) is 3.44. The van der Waals surface area contributed by atoms with E-state index in [4.69, 9.17) is 0 Å². The molecule has 2 nitrogen and oxygen atoms in total. The molecule has 1 saturated carbocycles. The molecule has 0 amide bonds.